The smallest absolute Gasteiger partial charge is 0.343 e. The number of halogens is 2. The summed E-state index contributed by atoms with van der Waals surface area (Å²) in [7, 11) is 0. The molecule has 0 atom stereocenters. The molecule has 0 radical (unpaired) electrons. The van der Waals surface area contributed by atoms with Crippen LogP contribution in [0.25, 0.3) is 22.3 Å². The van der Waals surface area contributed by atoms with E-state index in [-0.39, 0.29) is 0 Å². The largest absolute Gasteiger partial charge is 0.430 e. The van der Waals surface area contributed by atoms with E-state index in [2.05, 4.69) is 31.9 Å². The molecule has 0 aliphatic rings. The highest BCUT2D eigenvalue weighted by atomic mass is 79.9. The Kier molecular flexibility index (Phi) is 4.13. The van der Waals surface area contributed by atoms with Gasteiger partial charge >= 0.3 is 11.3 Å². The van der Waals surface area contributed by atoms with Gasteiger partial charge in [0.1, 0.15) is 12.5 Å². The first-order chi connectivity index (χ1) is 10.5. The van der Waals surface area contributed by atoms with Gasteiger partial charge in [0.25, 0.3) is 0 Å². The Balaban J connectivity index is 2.18. The minimum absolute atomic E-state index is 0.413. The van der Waals surface area contributed by atoms with E-state index in [1.54, 1.807) is 36.4 Å². The maximum atomic E-state index is 11.9. The van der Waals surface area contributed by atoms with E-state index in [1.165, 1.54) is 12.5 Å². The highest BCUT2D eigenvalue weighted by Crippen LogP contribution is 2.25. The fourth-order valence-electron chi connectivity index (χ4n) is 2.06. The first-order valence-electron chi connectivity index (χ1n) is 6.22. The van der Waals surface area contributed by atoms with Gasteiger partial charge in [-0.15, -0.1) is 0 Å². The van der Waals surface area contributed by atoms with Gasteiger partial charge < -0.3 is 8.83 Å². The topological polar surface area (TPSA) is 60.4 Å². The molecule has 1 aromatic carbocycles. The Bertz CT molecular complexity index is 882. The summed E-state index contributed by atoms with van der Waals surface area (Å²) in [6.07, 6.45) is 2.66. The van der Waals surface area contributed by atoms with E-state index in [9.17, 15) is 9.59 Å². The Morgan fingerprint density at radius 3 is 1.64 bits per heavy atom. The zero-order valence-electron chi connectivity index (χ0n) is 11.0. The van der Waals surface area contributed by atoms with Crippen LogP contribution in [0.4, 0.5) is 0 Å². The molecule has 6 heteroatoms. The van der Waals surface area contributed by atoms with E-state index in [0.717, 1.165) is 0 Å². The SMILES string of the molecule is O=c1occ(Br)cc1-c1cccc(-c2cc(Br)coc2=O)c1. The van der Waals surface area contributed by atoms with E-state index in [0.29, 0.717) is 31.2 Å². The fraction of sp³-hybridized carbons (Fsp3) is 0. The summed E-state index contributed by atoms with van der Waals surface area (Å²) < 4.78 is 11.2. The van der Waals surface area contributed by atoms with Crippen molar-refractivity contribution in [2.45, 2.75) is 0 Å². The summed E-state index contributed by atoms with van der Waals surface area (Å²) in [5.74, 6) is 0. The summed E-state index contributed by atoms with van der Waals surface area (Å²) in [5.41, 5.74) is 1.26. The number of rotatable bonds is 2. The van der Waals surface area contributed by atoms with E-state index < -0.39 is 11.3 Å². The van der Waals surface area contributed by atoms with Crippen molar-refractivity contribution in [1.29, 1.82) is 0 Å². The lowest BCUT2D eigenvalue weighted by atomic mass is 10.0. The molecule has 0 saturated carbocycles. The van der Waals surface area contributed by atoms with Gasteiger partial charge in [-0.3, -0.25) is 0 Å². The molecule has 2 aromatic heterocycles. The average molecular weight is 424 g/mol. The van der Waals surface area contributed by atoms with Gasteiger partial charge in [-0.05, 0) is 61.2 Å². The maximum Gasteiger partial charge on any atom is 0.343 e. The highest BCUT2D eigenvalue weighted by Gasteiger charge is 2.10. The number of hydrogen-bond donors (Lipinski definition) is 0. The maximum absolute atomic E-state index is 11.9. The molecule has 0 aliphatic carbocycles. The second-order valence-electron chi connectivity index (χ2n) is 4.51. The molecule has 0 N–H and O–H groups in total. The van der Waals surface area contributed by atoms with Crippen LogP contribution in [-0.2, 0) is 0 Å². The molecule has 0 saturated heterocycles. The van der Waals surface area contributed by atoms with Crippen molar-refractivity contribution in [1.82, 2.24) is 0 Å². The zero-order valence-corrected chi connectivity index (χ0v) is 14.2. The van der Waals surface area contributed by atoms with Crippen LogP contribution in [0.5, 0.6) is 0 Å². The van der Waals surface area contributed by atoms with Crippen LogP contribution in [0.2, 0.25) is 0 Å². The van der Waals surface area contributed by atoms with Crippen LogP contribution < -0.4 is 11.3 Å². The Hall–Kier alpha value is -1.92. The quantitative estimate of drug-likeness (QED) is 0.610. The minimum Gasteiger partial charge on any atom is -0.430 e. The van der Waals surface area contributed by atoms with Crippen LogP contribution in [0, 0.1) is 0 Å². The first-order valence-corrected chi connectivity index (χ1v) is 7.81. The van der Waals surface area contributed by atoms with Gasteiger partial charge in [0, 0.05) is 0 Å². The Morgan fingerprint density at radius 1 is 0.727 bits per heavy atom. The Labute approximate surface area is 141 Å². The van der Waals surface area contributed by atoms with E-state index in [4.69, 9.17) is 8.83 Å². The van der Waals surface area contributed by atoms with Crippen LogP contribution in [0.1, 0.15) is 0 Å². The molecule has 22 heavy (non-hydrogen) atoms. The molecular weight excluding hydrogens is 416 g/mol. The third kappa shape index (κ3) is 2.98. The molecule has 0 unspecified atom stereocenters. The molecule has 0 fully saturated rings. The summed E-state index contributed by atoms with van der Waals surface area (Å²) in [6.45, 7) is 0. The van der Waals surface area contributed by atoms with Gasteiger partial charge in [-0.1, -0.05) is 18.2 Å². The van der Waals surface area contributed by atoms with Crippen LogP contribution in [0.15, 0.2) is 76.3 Å². The predicted octanol–water partition coefficient (Wildman–Crippen LogP) is 4.45. The number of benzene rings is 1. The van der Waals surface area contributed by atoms with Gasteiger partial charge in [-0.25, -0.2) is 9.59 Å². The lowest BCUT2D eigenvalue weighted by Crippen LogP contribution is -2.04. The van der Waals surface area contributed by atoms with Crippen LogP contribution in [-0.4, -0.2) is 0 Å². The molecule has 110 valence electrons. The molecule has 0 amide bonds. The van der Waals surface area contributed by atoms with Gasteiger partial charge in [0.2, 0.25) is 0 Å². The molecule has 3 rings (SSSR count). The molecule has 0 aliphatic heterocycles. The van der Waals surface area contributed by atoms with Crippen molar-refractivity contribution >= 4 is 31.9 Å². The summed E-state index contributed by atoms with van der Waals surface area (Å²) in [5, 5.41) is 0. The van der Waals surface area contributed by atoms with Crippen molar-refractivity contribution < 1.29 is 8.83 Å². The lowest BCUT2D eigenvalue weighted by Gasteiger charge is -2.05. The molecule has 0 bridgehead atoms. The summed E-state index contributed by atoms with van der Waals surface area (Å²) in [4.78, 5) is 23.7. The monoisotopic (exact) mass is 422 g/mol. The standard InChI is InChI=1S/C16H8Br2O4/c17-11-5-13(15(19)21-7-11)9-2-1-3-10(4-9)14-6-12(18)8-22-16(14)20/h1-8H. The van der Waals surface area contributed by atoms with Crippen molar-refractivity contribution in [3.8, 4) is 22.3 Å². The number of hydrogen-bond acceptors (Lipinski definition) is 4. The predicted molar refractivity (Wildman–Crippen MR) is 89.8 cm³/mol. The average Bonchev–Trinajstić information content (AvgIpc) is 2.52. The molecule has 4 nitrogen and oxygen atoms in total. The fourth-order valence-corrected chi connectivity index (χ4v) is 2.71. The normalized spacial score (nSPS) is 10.6. The van der Waals surface area contributed by atoms with E-state index in [1.807, 2.05) is 0 Å². The van der Waals surface area contributed by atoms with Gasteiger partial charge in [0.05, 0.1) is 20.1 Å². The summed E-state index contributed by atoms with van der Waals surface area (Å²) in [6, 6.07) is 10.4. The van der Waals surface area contributed by atoms with Gasteiger partial charge in [0.15, 0.2) is 0 Å². The van der Waals surface area contributed by atoms with Crippen LogP contribution >= 0.6 is 31.9 Å². The molecule has 2 heterocycles. The van der Waals surface area contributed by atoms with Crippen molar-refractivity contribution in [3.63, 3.8) is 0 Å². The van der Waals surface area contributed by atoms with Crippen molar-refractivity contribution in [2.24, 2.45) is 0 Å². The molecular formula is C16H8Br2O4. The minimum atomic E-state index is -0.443. The van der Waals surface area contributed by atoms with Crippen LogP contribution in [0.3, 0.4) is 0 Å². The highest BCUT2D eigenvalue weighted by molar-refractivity contribution is 9.10. The lowest BCUT2D eigenvalue weighted by molar-refractivity contribution is 0.510. The first kappa shape index (κ1) is 15.0. The second-order valence-corrected chi connectivity index (χ2v) is 6.34. The second kappa shape index (κ2) is 6.06. The molecule has 3 aromatic rings. The summed E-state index contributed by atoms with van der Waals surface area (Å²) >= 11 is 6.55. The third-order valence-electron chi connectivity index (χ3n) is 3.05. The molecule has 0 spiro atoms. The zero-order chi connectivity index (χ0) is 15.7. The van der Waals surface area contributed by atoms with Gasteiger partial charge in [-0.2, -0.15) is 0 Å². The van der Waals surface area contributed by atoms with Crippen molar-refractivity contribution in [3.05, 3.63) is 78.7 Å². The van der Waals surface area contributed by atoms with E-state index >= 15 is 0 Å². The third-order valence-corrected chi connectivity index (χ3v) is 3.88. The Morgan fingerprint density at radius 2 is 1.18 bits per heavy atom. The van der Waals surface area contributed by atoms with Crippen molar-refractivity contribution in [2.75, 3.05) is 0 Å².